The fourth-order valence-electron chi connectivity index (χ4n) is 2.71. The van der Waals surface area contributed by atoms with Gasteiger partial charge >= 0.3 is 0 Å². The Balaban J connectivity index is 1.81. The first-order chi connectivity index (χ1) is 10.0. The summed E-state index contributed by atoms with van der Waals surface area (Å²) in [5.74, 6) is 0.120. The summed E-state index contributed by atoms with van der Waals surface area (Å²) in [6, 6.07) is 14.4. The summed E-state index contributed by atoms with van der Waals surface area (Å²) in [6.07, 6.45) is 1.87. The molecule has 1 amide bonds. The van der Waals surface area contributed by atoms with E-state index in [4.69, 9.17) is 0 Å². The Morgan fingerprint density at radius 3 is 2.19 bits per heavy atom. The van der Waals surface area contributed by atoms with Crippen molar-refractivity contribution in [1.82, 2.24) is 0 Å². The van der Waals surface area contributed by atoms with E-state index in [1.165, 1.54) is 16.7 Å². The molecule has 2 heteroatoms. The smallest absolute Gasteiger partial charge is 0.235 e. The maximum absolute atomic E-state index is 12.7. The van der Waals surface area contributed by atoms with Gasteiger partial charge in [0.25, 0.3) is 0 Å². The summed E-state index contributed by atoms with van der Waals surface area (Å²) in [5, 5.41) is 3.09. The molecule has 0 bridgehead atoms. The minimum atomic E-state index is -0.313. The van der Waals surface area contributed by atoms with Gasteiger partial charge in [-0.1, -0.05) is 35.9 Å². The number of carbonyl (C=O) groups is 1. The van der Waals surface area contributed by atoms with Gasteiger partial charge in [-0.15, -0.1) is 0 Å². The molecule has 1 fully saturated rings. The molecule has 0 aliphatic heterocycles. The van der Waals surface area contributed by atoms with Crippen LogP contribution in [0.5, 0.6) is 0 Å². The van der Waals surface area contributed by atoms with Crippen LogP contribution in [0.3, 0.4) is 0 Å². The van der Waals surface area contributed by atoms with Crippen molar-refractivity contribution in [3.05, 3.63) is 64.7 Å². The van der Waals surface area contributed by atoms with E-state index in [2.05, 4.69) is 56.4 Å². The van der Waals surface area contributed by atoms with Crippen molar-refractivity contribution in [2.75, 3.05) is 5.32 Å². The molecular formula is C19H21NO. The van der Waals surface area contributed by atoms with Gasteiger partial charge < -0.3 is 5.32 Å². The average Bonchev–Trinajstić information content (AvgIpc) is 3.25. The van der Waals surface area contributed by atoms with Gasteiger partial charge in [0.05, 0.1) is 5.41 Å². The van der Waals surface area contributed by atoms with Gasteiger partial charge in [0.1, 0.15) is 0 Å². The van der Waals surface area contributed by atoms with Crippen molar-refractivity contribution < 1.29 is 4.79 Å². The summed E-state index contributed by atoms with van der Waals surface area (Å²) in [4.78, 5) is 12.7. The van der Waals surface area contributed by atoms with E-state index >= 15 is 0 Å². The Morgan fingerprint density at radius 2 is 1.62 bits per heavy atom. The monoisotopic (exact) mass is 279 g/mol. The predicted molar refractivity (Wildman–Crippen MR) is 86.6 cm³/mol. The van der Waals surface area contributed by atoms with Crippen LogP contribution in [0, 0.1) is 20.8 Å². The van der Waals surface area contributed by atoms with E-state index in [0.717, 1.165) is 24.1 Å². The summed E-state index contributed by atoms with van der Waals surface area (Å²) in [7, 11) is 0. The Hall–Kier alpha value is -2.09. The van der Waals surface area contributed by atoms with Crippen molar-refractivity contribution in [3.63, 3.8) is 0 Å². The molecule has 2 aromatic carbocycles. The zero-order valence-electron chi connectivity index (χ0n) is 12.9. The quantitative estimate of drug-likeness (QED) is 0.892. The third kappa shape index (κ3) is 2.58. The third-order valence-corrected chi connectivity index (χ3v) is 4.55. The summed E-state index contributed by atoms with van der Waals surface area (Å²) in [6.45, 7) is 6.21. The van der Waals surface area contributed by atoms with Gasteiger partial charge in [0.2, 0.25) is 5.91 Å². The standard InChI is InChI=1S/C19H21NO/c1-13-4-7-16(8-5-13)19(10-11-19)18(21)20-17-9-6-14(2)15(3)12-17/h4-9,12H,10-11H2,1-3H3,(H,20,21). The van der Waals surface area contributed by atoms with Crippen molar-refractivity contribution >= 4 is 11.6 Å². The highest BCUT2D eigenvalue weighted by Crippen LogP contribution is 2.49. The highest BCUT2D eigenvalue weighted by Gasteiger charge is 2.51. The van der Waals surface area contributed by atoms with Crippen LogP contribution in [0.15, 0.2) is 42.5 Å². The summed E-state index contributed by atoms with van der Waals surface area (Å²) < 4.78 is 0. The van der Waals surface area contributed by atoms with E-state index in [-0.39, 0.29) is 11.3 Å². The van der Waals surface area contributed by atoms with Crippen LogP contribution >= 0.6 is 0 Å². The molecule has 2 nitrogen and oxygen atoms in total. The van der Waals surface area contributed by atoms with E-state index in [9.17, 15) is 4.79 Å². The van der Waals surface area contributed by atoms with Crippen molar-refractivity contribution in [2.24, 2.45) is 0 Å². The lowest BCUT2D eigenvalue weighted by atomic mass is 9.94. The van der Waals surface area contributed by atoms with Crippen LogP contribution in [0.1, 0.15) is 35.1 Å². The first-order valence-electron chi connectivity index (χ1n) is 7.47. The normalized spacial score (nSPS) is 15.6. The highest BCUT2D eigenvalue weighted by molar-refractivity contribution is 6.01. The second kappa shape index (κ2) is 5.03. The Kier molecular flexibility index (Phi) is 3.32. The minimum absolute atomic E-state index is 0.120. The fourth-order valence-corrected chi connectivity index (χ4v) is 2.71. The molecule has 0 unspecified atom stereocenters. The second-order valence-electron chi connectivity index (χ2n) is 6.20. The molecule has 108 valence electrons. The maximum atomic E-state index is 12.7. The zero-order chi connectivity index (χ0) is 15.0. The van der Waals surface area contributed by atoms with Crippen molar-refractivity contribution in [3.8, 4) is 0 Å². The van der Waals surface area contributed by atoms with Gasteiger partial charge in [-0.05, 0) is 62.4 Å². The SMILES string of the molecule is Cc1ccc(C2(C(=O)Nc3ccc(C)c(C)c3)CC2)cc1. The molecule has 0 saturated heterocycles. The number of carbonyl (C=O) groups excluding carboxylic acids is 1. The van der Waals surface area contributed by atoms with Crippen LogP contribution in [-0.2, 0) is 10.2 Å². The molecule has 0 atom stereocenters. The Morgan fingerprint density at radius 1 is 0.952 bits per heavy atom. The number of amides is 1. The lowest BCUT2D eigenvalue weighted by Gasteiger charge is -2.16. The van der Waals surface area contributed by atoms with Crippen molar-refractivity contribution in [1.29, 1.82) is 0 Å². The van der Waals surface area contributed by atoms with Crippen LogP contribution in [0.25, 0.3) is 0 Å². The van der Waals surface area contributed by atoms with Crippen LogP contribution < -0.4 is 5.32 Å². The number of benzene rings is 2. The Labute approximate surface area is 126 Å². The molecule has 1 N–H and O–H groups in total. The molecule has 1 saturated carbocycles. The number of hydrogen-bond acceptors (Lipinski definition) is 1. The number of nitrogens with one attached hydrogen (secondary N) is 1. The molecule has 21 heavy (non-hydrogen) atoms. The molecule has 0 spiro atoms. The van der Waals surface area contributed by atoms with Gasteiger partial charge in [0, 0.05) is 5.69 Å². The molecule has 0 aromatic heterocycles. The van der Waals surface area contributed by atoms with E-state index in [1.54, 1.807) is 0 Å². The molecule has 3 rings (SSSR count). The van der Waals surface area contributed by atoms with E-state index in [1.807, 2.05) is 12.1 Å². The van der Waals surface area contributed by atoms with Gasteiger partial charge in [-0.3, -0.25) is 4.79 Å². The van der Waals surface area contributed by atoms with Crippen LogP contribution in [0.4, 0.5) is 5.69 Å². The molecule has 0 radical (unpaired) electrons. The van der Waals surface area contributed by atoms with Gasteiger partial charge in [-0.25, -0.2) is 0 Å². The van der Waals surface area contributed by atoms with Crippen LogP contribution in [-0.4, -0.2) is 5.91 Å². The minimum Gasteiger partial charge on any atom is -0.325 e. The fraction of sp³-hybridized carbons (Fsp3) is 0.316. The highest BCUT2D eigenvalue weighted by atomic mass is 16.2. The van der Waals surface area contributed by atoms with E-state index in [0.29, 0.717) is 0 Å². The largest absolute Gasteiger partial charge is 0.325 e. The molecule has 1 aliphatic carbocycles. The van der Waals surface area contributed by atoms with Gasteiger partial charge in [-0.2, -0.15) is 0 Å². The van der Waals surface area contributed by atoms with Crippen molar-refractivity contribution in [2.45, 2.75) is 39.0 Å². The number of aryl methyl sites for hydroxylation is 3. The molecular weight excluding hydrogens is 258 g/mol. The summed E-state index contributed by atoms with van der Waals surface area (Å²) in [5.41, 5.74) is 5.38. The lowest BCUT2D eigenvalue weighted by molar-refractivity contribution is -0.118. The predicted octanol–water partition coefficient (Wildman–Crippen LogP) is 4.28. The number of anilines is 1. The first-order valence-corrected chi connectivity index (χ1v) is 7.47. The number of hydrogen-bond donors (Lipinski definition) is 1. The molecule has 0 heterocycles. The van der Waals surface area contributed by atoms with Gasteiger partial charge in [0.15, 0.2) is 0 Å². The number of rotatable bonds is 3. The first kappa shape index (κ1) is 13.9. The molecule has 2 aromatic rings. The summed E-state index contributed by atoms with van der Waals surface area (Å²) >= 11 is 0. The molecule has 1 aliphatic rings. The zero-order valence-corrected chi connectivity index (χ0v) is 12.9. The van der Waals surface area contributed by atoms with E-state index < -0.39 is 0 Å². The average molecular weight is 279 g/mol. The Bertz CT molecular complexity index is 681. The van der Waals surface area contributed by atoms with Crippen LogP contribution in [0.2, 0.25) is 0 Å². The lowest BCUT2D eigenvalue weighted by Crippen LogP contribution is -2.27. The maximum Gasteiger partial charge on any atom is 0.235 e. The second-order valence-corrected chi connectivity index (χ2v) is 6.20. The third-order valence-electron chi connectivity index (χ3n) is 4.55. The topological polar surface area (TPSA) is 29.1 Å².